The maximum atomic E-state index is 6.06. The largest absolute Gasteiger partial charge is 0.495 e. The number of aliphatic imine (C=N–C) groups is 1. The fourth-order valence-electron chi connectivity index (χ4n) is 3.27. The van der Waals surface area contributed by atoms with Gasteiger partial charge in [0.25, 0.3) is 0 Å². The number of amidine groups is 1. The van der Waals surface area contributed by atoms with Crippen LogP contribution < -0.4 is 10.1 Å². The molecule has 3 rings (SSSR count). The zero-order chi connectivity index (χ0) is 14.9. The van der Waals surface area contributed by atoms with Gasteiger partial charge in [0.1, 0.15) is 5.75 Å². The second-order valence-corrected chi connectivity index (χ2v) is 7.48. The lowest BCUT2D eigenvalue weighted by atomic mass is 9.78. The van der Waals surface area contributed by atoms with Crippen molar-refractivity contribution in [2.45, 2.75) is 38.1 Å². The first-order chi connectivity index (χ1) is 10.1. The number of thioether (sulfide) groups is 1. The average molecular weight is 325 g/mol. The molecule has 1 fully saturated rings. The molecule has 2 unspecified atom stereocenters. The summed E-state index contributed by atoms with van der Waals surface area (Å²) in [6.45, 7) is 2.34. The molecule has 1 N–H and O–H groups in total. The van der Waals surface area contributed by atoms with Gasteiger partial charge in [-0.2, -0.15) is 0 Å². The van der Waals surface area contributed by atoms with E-state index >= 15 is 0 Å². The molecule has 1 spiro atoms. The van der Waals surface area contributed by atoms with E-state index < -0.39 is 0 Å². The van der Waals surface area contributed by atoms with Crippen LogP contribution in [0.15, 0.2) is 23.2 Å². The van der Waals surface area contributed by atoms with Gasteiger partial charge in [-0.3, -0.25) is 4.99 Å². The first kappa shape index (κ1) is 15.0. The Morgan fingerprint density at radius 2 is 2.33 bits per heavy atom. The number of nitrogens with zero attached hydrogens (tertiary/aromatic N) is 1. The van der Waals surface area contributed by atoms with E-state index in [4.69, 9.17) is 21.3 Å². The van der Waals surface area contributed by atoms with E-state index in [-0.39, 0.29) is 5.54 Å². The van der Waals surface area contributed by atoms with Crippen molar-refractivity contribution in [2.24, 2.45) is 10.9 Å². The third-order valence-corrected chi connectivity index (χ3v) is 5.75. The van der Waals surface area contributed by atoms with Gasteiger partial charge < -0.3 is 10.1 Å². The molecule has 21 heavy (non-hydrogen) atoms. The Morgan fingerprint density at radius 3 is 3.10 bits per heavy atom. The summed E-state index contributed by atoms with van der Waals surface area (Å²) >= 11 is 7.88. The van der Waals surface area contributed by atoms with Gasteiger partial charge in [-0.15, -0.1) is 0 Å². The molecule has 114 valence electrons. The highest BCUT2D eigenvalue weighted by molar-refractivity contribution is 8.14. The number of halogens is 1. The molecule has 5 heteroatoms. The van der Waals surface area contributed by atoms with Crippen LogP contribution in [0.3, 0.4) is 0 Å². The van der Waals surface area contributed by atoms with Crippen molar-refractivity contribution in [1.82, 2.24) is 0 Å². The van der Waals surface area contributed by atoms with Crippen molar-refractivity contribution in [2.75, 3.05) is 18.2 Å². The van der Waals surface area contributed by atoms with E-state index in [0.717, 1.165) is 22.5 Å². The third kappa shape index (κ3) is 3.32. The predicted octanol–water partition coefficient (Wildman–Crippen LogP) is 4.81. The van der Waals surface area contributed by atoms with Crippen molar-refractivity contribution >= 4 is 34.2 Å². The van der Waals surface area contributed by atoms with Crippen LogP contribution >= 0.6 is 23.4 Å². The summed E-state index contributed by atoms with van der Waals surface area (Å²) in [5.41, 5.74) is 1.14. The van der Waals surface area contributed by atoms with E-state index in [1.807, 2.05) is 30.0 Å². The molecule has 1 aromatic carbocycles. The van der Waals surface area contributed by atoms with Gasteiger partial charge in [0.15, 0.2) is 5.17 Å². The van der Waals surface area contributed by atoms with E-state index in [1.54, 1.807) is 7.11 Å². The minimum atomic E-state index is 0.168. The van der Waals surface area contributed by atoms with Gasteiger partial charge in [0.2, 0.25) is 0 Å². The van der Waals surface area contributed by atoms with Crippen molar-refractivity contribution < 1.29 is 4.74 Å². The molecule has 0 saturated heterocycles. The second kappa shape index (κ2) is 6.09. The van der Waals surface area contributed by atoms with Crippen molar-refractivity contribution in [3.05, 3.63) is 23.2 Å². The summed E-state index contributed by atoms with van der Waals surface area (Å²) in [5.74, 6) is 2.58. The SMILES string of the molecule is COc1cc(NC2=NC3(CCCC(C)C3)CS2)ccc1Cl. The van der Waals surface area contributed by atoms with Crippen LogP contribution in [0, 0.1) is 5.92 Å². The zero-order valence-corrected chi connectivity index (χ0v) is 14.1. The van der Waals surface area contributed by atoms with Crippen molar-refractivity contribution in [1.29, 1.82) is 0 Å². The Bertz CT molecular complexity index is 563. The van der Waals surface area contributed by atoms with E-state index in [9.17, 15) is 0 Å². The van der Waals surface area contributed by atoms with E-state index in [2.05, 4.69) is 12.2 Å². The molecule has 2 aliphatic rings. The van der Waals surface area contributed by atoms with Crippen LogP contribution in [0.4, 0.5) is 5.69 Å². The van der Waals surface area contributed by atoms with E-state index in [1.165, 1.54) is 25.7 Å². The maximum absolute atomic E-state index is 6.06. The number of hydrogen-bond acceptors (Lipinski definition) is 4. The highest BCUT2D eigenvalue weighted by Gasteiger charge is 2.39. The van der Waals surface area contributed by atoms with Crippen LogP contribution in [-0.4, -0.2) is 23.6 Å². The second-order valence-electron chi connectivity index (χ2n) is 6.11. The molecule has 1 heterocycles. The van der Waals surface area contributed by atoms with Crippen LogP contribution in [0.25, 0.3) is 0 Å². The molecular formula is C16H21ClN2OS. The molecule has 2 atom stereocenters. The quantitative estimate of drug-likeness (QED) is 0.847. The molecule has 0 aromatic heterocycles. The Morgan fingerprint density at radius 1 is 1.48 bits per heavy atom. The molecule has 1 aliphatic carbocycles. The fourth-order valence-corrected chi connectivity index (χ4v) is 4.65. The number of benzene rings is 1. The highest BCUT2D eigenvalue weighted by atomic mass is 35.5. The highest BCUT2D eigenvalue weighted by Crippen LogP contribution is 2.42. The topological polar surface area (TPSA) is 33.6 Å². The van der Waals surface area contributed by atoms with Crippen molar-refractivity contribution in [3.8, 4) is 5.75 Å². The zero-order valence-electron chi connectivity index (χ0n) is 12.5. The van der Waals surface area contributed by atoms with Crippen LogP contribution in [-0.2, 0) is 0 Å². The Balaban J connectivity index is 1.74. The van der Waals surface area contributed by atoms with Gasteiger partial charge in [-0.1, -0.05) is 43.1 Å². The summed E-state index contributed by atoms with van der Waals surface area (Å²) < 4.78 is 5.26. The monoisotopic (exact) mass is 324 g/mol. The van der Waals surface area contributed by atoms with Gasteiger partial charge in [0, 0.05) is 17.5 Å². The summed E-state index contributed by atoms with van der Waals surface area (Å²) in [6, 6.07) is 5.73. The average Bonchev–Trinajstić information content (AvgIpc) is 2.83. The number of methoxy groups -OCH3 is 1. The number of nitrogens with one attached hydrogen (secondary N) is 1. The Kier molecular flexibility index (Phi) is 4.36. The lowest BCUT2D eigenvalue weighted by Crippen LogP contribution is -2.33. The Hall–Kier alpha value is -0.870. The van der Waals surface area contributed by atoms with Crippen LogP contribution in [0.2, 0.25) is 5.02 Å². The molecule has 0 amide bonds. The number of ether oxygens (including phenoxy) is 1. The lowest BCUT2D eigenvalue weighted by Gasteiger charge is -2.33. The van der Waals surface area contributed by atoms with E-state index in [0.29, 0.717) is 10.8 Å². The molecular weight excluding hydrogens is 304 g/mol. The number of hydrogen-bond donors (Lipinski definition) is 1. The Labute approximate surface area is 135 Å². The minimum absolute atomic E-state index is 0.168. The number of rotatable bonds is 2. The lowest BCUT2D eigenvalue weighted by molar-refractivity contribution is 0.266. The molecule has 0 bridgehead atoms. The summed E-state index contributed by atoms with van der Waals surface area (Å²) in [6.07, 6.45) is 5.08. The maximum Gasteiger partial charge on any atom is 0.161 e. The van der Waals surface area contributed by atoms with Gasteiger partial charge in [-0.25, -0.2) is 0 Å². The molecule has 1 saturated carbocycles. The standard InChI is InChI=1S/C16H21ClN2OS/c1-11-4-3-7-16(9-11)10-21-15(19-16)18-12-5-6-13(17)14(8-12)20-2/h5-6,8,11H,3-4,7,9-10H2,1-2H3,(H,18,19). The fraction of sp³-hybridized carbons (Fsp3) is 0.562. The minimum Gasteiger partial charge on any atom is -0.495 e. The first-order valence-corrected chi connectivity index (χ1v) is 8.80. The number of anilines is 1. The van der Waals surface area contributed by atoms with Crippen molar-refractivity contribution in [3.63, 3.8) is 0 Å². The molecule has 0 radical (unpaired) electrons. The first-order valence-electron chi connectivity index (χ1n) is 7.43. The smallest absolute Gasteiger partial charge is 0.161 e. The van der Waals surface area contributed by atoms with Gasteiger partial charge >= 0.3 is 0 Å². The predicted molar refractivity (Wildman–Crippen MR) is 91.9 cm³/mol. The van der Waals surface area contributed by atoms with Gasteiger partial charge in [0.05, 0.1) is 17.7 Å². The van der Waals surface area contributed by atoms with Gasteiger partial charge in [-0.05, 0) is 30.9 Å². The normalized spacial score (nSPS) is 28.5. The van der Waals surface area contributed by atoms with Crippen LogP contribution in [0.5, 0.6) is 5.75 Å². The summed E-state index contributed by atoms with van der Waals surface area (Å²) in [5, 5.41) is 5.05. The molecule has 1 aliphatic heterocycles. The molecule has 1 aromatic rings. The molecule has 3 nitrogen and oxygen atoms in total. The summed E-state index contributed by atoms with van der Waals surface area (Å²) in [4.78, 5) is 5.00. The third-order valence-electron chi connectivity index (χ3n) is 4.29. The summed E-state index contributed by atoms with van der Waals surface area (Å²) in [7, 11) is 1.63. The van der Waals surface area contributed by atoms with Crippen LogP contribution in [0.1, 0.15) is 32.6 Å².